The Labute approximate surface area is 148 Å². The van der Waals surface area contributed by atoms with E-state index < -0.39 is 5.97 Å². The molecule has 1 amide bonds. The van der Waals surface area contributed by atoms with Gasteiger partial charge in [-0.2, -0.15) is 0 Å². The highest BCUT2D eigenvalue weighted by molar-refractivity contribution is 5.80. The maximum atomic E-state index is 12.0. The van der Waals surface area contributed by atoms with Crippen molar-refractivity contribution in [3.63, 3.8) is 0 Å². The van der Waals surface area contributed by atoms with E-state index in [0.29, 0.717) is 12.3 Å². The predicted octanol–water partition coefficient (Wildman–Crippen LogP) is 2.97. The molecule has 2 aromatic rings. The first-order valence-corrected chi connectivity index (χ1v) is 8.17. The van der Waals surface area contributed by atoms with Gasteiger partial charge in [-0.05, 0) is 24.6 Å². The summed E-state index contributed by atoms with van der Waals surface area (Å²) in [5, 5.41) is 0. The van der Waals surface area contributed by atoms with Gasteiger partial charge in [-0.3, -0.25) is 9.59 Å². The zero-order chi connectivity index (χ0) is 18.1. The molecule has 0 fully saturated rings. The van der Waals surface area contributed by atoms with E-state index >= 15 is 0 Å². The average molecular weight is 341 g/mol. The number of likely N-dealkylation sites (N-methyl/N-ethyl adjacent to an activating group) is 1. The van der Waals surface area contributed by atoms with Gasteiger partial charge in [0.05, 0.1) is 13.0 Å². The molecule has 0 aliphatic rings. The fourth-order valence-corrected chi connectivity index (χ4v) is 2.16. The lowest BCUT2D eigenvalue weighted by atomic mass is 10.2. The van der Waals surface area contributed by atoms with Crippen LogP contribution in [0.15, 0.2) is 54.6 Å². The van der Waals surface area contributed by atoms with Gasteiger partial charge in [0.2, 0.25) is 0 Å². The van der Waals surface area contributed by atoms with Crippen LogP contribution >= 0.6 is 0 Å². The summed E-state index contributed by atoms with van der Waals surface area (Å²) >= 11 is 0. The number of benzene rings is 2. The quantitative estimate of drug-likeness (QED) is 0.693. The summed E-state index contributed by atoms with van der Waals surface area (Å²) in [7, 11) is 1.68. The van der Waals surface area contributed by atoms with Crippen molar-refractivity contribution in [2.45, 2.75) is 19.9 Å². The van der Waals surface area contributed by atoms with Gasteiger partial charge >= 0.3 is 5.97 Å². The van der Waals surface area contributed by atoms with Crippen molar-refractivity contribution in [1.29, 1.82) is 0 Å². The second-order valence-electron chi connectivity index (χ2n) is 5.81. The number of hydrogen-bond donors (Lipinski definition) is 0. The highest BCUT2D eigenvalue weighted by Crippen LogP contribution is 2.11. The average Bonchev–Trinajstić information content (AvgIpc) is 2.62. The van der Waals surface area contributed by atoms with Gasteiger partial charge in [0.25, 0.3) is 5.91 Å². The molecule has 0 aliphatic heterocycles. The fraction of sp³-hybridized carbons (Fsp3) is 0.300. The second-order valence-corrected chi connectivity index (χ2v) is 5.81. The third-order valence-electron chi connectivity index (χ3n) is 3.64. The van der Waals surface area contributed by atoms with Crippen molar-refractivity contribution in [2.24, 2.45) is 0 Å². The zero-order valence-electron chi connectivity index (χ0n) is 14.6. The summed E-state index contributed by atoms with van der Waals surface area (Å²) in [4.78, 5) is 25.2. The van der Waals surface area contributed by atoms with Crippen LogP contribution in [0.4, 0.5) is 0 Å². The minimum Gasteiger partial charge on any atom is -0.493 e. The van der Waals surface area contributed by atoms with Gasteiger partial charge in [0.15, 0.2) is 6.61 Å². The summed E-state index contributed by atoms with van der Waals surface area (Å²) < 4.78 is 10.5. The number of ether oxygens (including phenoxy) is 2. The molecule has 5 nitrogen and oxygen atoms in total. The summed E-state index contributed by atoms with van der Waals surface area (Å²) in [6, 6.07) is 17.2. The maximum Gasteiger partial charge on any atom is 0.309 e. The van der Waals surface area contributed by atoms with Crippen molar-refractivity contribution in [3.8, 4) is 5.75 Å². The fourth-order valence-electron chi connectivity index (χ4n) is 2.16. The van der Waals surface area contributed by atoms with Crippen LogP contribution in [-0.2, 0) is 20.9 Å². The van der Waals surface area contributed by atoms with E-state index in [9.17, 15) is 9.59 Å². The highest BCUT2D eigenvalue weighted by atomic mass is 16.5. The van der Waals surface area contributed by atoms with Crippen LogP contribution in [-0.4, -0.2) is 37.0 Å². The Hall–Kier alpha value is -2.82. The van der Waals surface area contributed by atoms with E-state index in [1.54, 1.807) is 7.05 Å². The highest BCUT2D eigenvalue weighted by Gasteiger charge is 2.12. The van der Waals surface area contributed by atoms with Crippen molar-refractivity contribution >= 4 is 11.9 Å². The Kier molecular flexibility index (Phi) is 7.01. The van der Waals surface area contributed by atoms with Crippen LogP contribution in [0, 0.1) is 6.92 Å². The zero-order valence-corrected chi connectivity index (χ0v) is 14.6. The molecule has 0 saturated heterocycles. The Balaban J connectivity index is 1.65. The van der Waals surface area contributed by atoms with Crippen LogP contribution in [0.5, 0.6) is 5.75 Å². The number of carbonyl (C=O) groups excluding carboxylic acids is 2. The maximum absolute atomic E-state index is 12.0. The molecule has 0 N–H and O–H groups in total. The van der Waals surface area contributed by atoms with Gasteiger partial charge in [-0.25, -0.2) is 0 Å². The molecule has 0 heterocycles. The monoisotopic (exact) mass is 341 g/mol. The Morgan fingerprint density at radius 3 is 2.36 bits per heavy atom. The van der Waals surface area contributed by atoms with Gasteiger partial charge in [0, 0.05) is 13.6 Å². The lowest BCUT2D eigenvalue weighted by Gasteiger charge is -2.17. The summed E-state index contributed by atoms with van der Waals surface area (Å²) in [5.74, 6) is 0.0160. The third-order valence-corrected chi connectivity index (χ3v) is 3.64. The molecular formula is C20H23NO4. The second kappa shape index (κ2) is 9.47. The molecule has 25 heavy (non-hydrogen) atoms. The Morgan fingerprint density at radius 2 is 1.68 bits per heavy atom. The molecule has 0 aromatic heterocycles. The van der Waals surface area contributed by atoms with E-state index in [2.05, 4.69) is 0 Å². The van der Waals surface area contributed by atoms with E-state index in [-0.39, 0.29) is 25.5 Å². The third kappa shape index (κ3) is 6.67. The van der Waals surface area contributed by atoms with E-state index in [1.165, 1.54) is 4.90 Å². The van der Waals surface area contributed by atoms with E-state index in [1.807, 2.05) is 61.5 Å². The summed E-state index contributed by atoms with van der Waals surface area (Å²) in [6.07, 6.45) is 0.101. The Morgan fingerprint density at radius 1 is 1.00 bits per heavy atom. The molecule has 0 aliphatic carbocycles. The normalized spacial score (nSPS) is 10.2. The first kappa shape index (κ1) is 18.5. The van der Waals surface area contributed by atoms with Crippen LogP contribution in [0.25, 0.3) is 0 Å². The van der Waals surface area contributed by atoms with E-state index in [4.69, 9.17) is 9.47 Å². The minimum atomic E-state index is -0.450. The largest absolute Gasteiger partial charge is 0.493 e. The molecule has 2 rings (SSSR count). The predicted molar refractivity (Wildman–Crippen MR) is 95.2 cm³/mol. The summed E-state index contributed by atoms with van der Waals surface area (Å²) in [6.45, 7) is 2.43. The lowest BCUT2D eigenvalue weighted by Crippen LogP contribution is -2.31. The number of hydrogen-bond acceptors (Lipinski definition) is 4. The topological polar surface area (TPSA) is 55.8 Å². The molecule has 0 spiro atoms. The van der Waals surface area contributed by atoms with Gasteiger partial charge in [-0.15, -0.1) is 0 Å². The van der Waals surface area contributed by atoms with Crippen LogP contribution < -0.4 is 4.74 Å². The molecular weight excluding hydrogens is 318 g/mol. The lowest BCUT2D eigenvalue weighted by molar-refractivity contribution is -0.152. The number of esters is 1. The molecule has 0 bridgehead atoms. The van der Waals surface area contributed by atoms with Crippen molar-refractivity contribution in [2.75, 3.05) is 20.3 Å². The molecule has 0 radical (unpaired) electrons. The Bertz CT molecular complexity index is 683. The molecule has 5 heteroatoms. The molecule has 0 atom stereocenters. The SMILES string of the molecule is Cc1ccc(OCCC(=O)OCC(=O)N(C)Cc2ccccc2)cc1. The van der Waals surface area contributed by atoms with Crippen LogP contribution in [0.1, 0.15) is 17.5 Å². The van der Waals surface area contributed by atoms with Gasteiger partial charge < -0.3 is 14.4 Å². The van der Waals surface area contributed by atoms with Crippen molar-refractivity contribution in [3.05, 3.63) is 65.7 Å². The van der Waals surface area contributed by atoms with Crippen molar-refractivity contribution < 1.29 is 19.1 Å². The van der Waals surface area contributed by atoms with E-state index in [0.717, 1.165) is 11.1 Å². The number of amides is 1. The van der Waals surface area contributed by atoms with Crippen LogP contribution in [0.2, 0.25) is 0 Å². The molecule has 0 unspecified atom stereocenters. The van der Waals surface area contributed by atoms with Crippen molar-refractivity contribution in [1.82, 2.24) is 4.90 Å². The summed E-state index contributed by atoms with van der Waals surface area (Å²) in [5.41, 5.74) is 2.17. The minimum absolute atomic E-state index is 0.101. The number of nitrogens with zero attached hydrogens (tertiary/aromatic N) is 1. The molecule has 132 valence electrons. The van der Waals surface area contributed by atoms with Gasteiger partial charge in [0.1, 0.15) is 5.75 Å². The molecule has 2 aromatic carbocycles. The number of aryl methyl sites for hydroxylation is 1. The smallest absolute Gasteiger partial charge is 0.309 e. The van der Waals surface area contributed by atoms with Gasteiger partial charge in [-0.1, -0.05) is 48.0 Å². The van der Waals surface area contributed by atoms with Crippen LogP contribution in [0.3, 0.4) is 0 Å². The molecule has 0 saturated carbocycles. The first-order valence-electron chi connectivity index (χ1n) is 8.17. The number of carbonyl (C=O) groups is 2. The number of rotatable bonds is 8. The standard InChI is InChI=1S/C20H23NO4/c1-16-8-10-18(11-9-16)24-13-12-20(23)25-15-19(22)21(2)14-17-6-4-3-5-7-17/h3-11H,12-15H2,1-2H3. The first-order chi connectivity index (χ1) is 12.0.